The van der Waals surface area contributed by atoms with Gasteiger partial charge in [-0.3, -0.25) is 4.79 Å². The SMILES string of the molecule is CCC1(C)C[C@H]2CSC(NC(=O)c3ccccc3)=N[C@@]2(c2nc(Br)cs2)CO1. The fourth-order valence-electron chi connectivity index (χ4n) is 3.67. The van der Waals surface area contributed by atoms with Gasteiger partial charge in [-0.05, 0) is 47.8 Å². The molecule has 1 amide bonds. The van der Waals surface area contributed by atoms with E-state index in [1.165, 1.54) is 0 Å². The van der Waals surface area contributed by atoms with E-state index in [2.05, 4.69) is 40.1 Å². The first-order valence-corrected chi connectivity index (χ1v) is 11.9. The number of thiazole rings is 1. The van der Waals surface area contributed by atoms with Gasteiger partial charge in [0.15, 0.2) is 5.17 Å². The van der Waals surface area contributed by atoms with Crippen molar-refractivity contribution in [1.29, 1.82) is 0 Å². The van der Waals surface area contributed by atoms with Gasteiger partial charge in [0.25, 0.3) is 5.91 Å². The van der Waals surface area contributed by atoms with Crippen molar-refractivity contribution in [3.8, 4) is 0 Å². The van der Waals surface area contributed by atoms with Crippen molar-refractivity contribution >= 4 is 50.1 Å². The van der Waals surface area contributed by atoms with E-state index in [0.29, 0.717) is 23.3 Å². The van der Waals surface area contributed by atoms with E-state index in [9.17, 15) is 4.79 Å². The Morgan fingerprint density at radius 3 is 2.86 bits per heavy atom. The van der Waals surface area contributed by atoms with Gasteiger partial charge in [-0.15, -0.1) is 11.3 Å². The van der Waals surface area contributed by atoms with Gasteiger partial charge in [0.05, 0.1) is 12.2 Å². The van der Waals surface area contributed by atoms with Crippen LogP contribution in [-0.2, 0) is 10.3 Å². The maximum absolute atomic E-state index is 12.6. The molecule has 1 aromatic heterocycles. The minimum atomic E-state index is -0.546. The first-order valence-electron chi connectivity index (χ1n) is 9.29. The first-order chi connectivity index (χ1) is 13.4. The van der Waals surface area contributed by atoms with Crippen molar-refractivity contribution in [1.82, 2.24) is 10.3 Å². The standard InChI is InChI=1S/C20H22BrN3O2S2/c1-3-19(2)9-14-10-28-18(23-16(25)13-7-5-4-6-8-13)24-20(14,12-26-19)17-22-15(21)11-27-17/h4-8,11,14H,3,9-10,12H2,1-2H3,(H,23,24,25)/t14-,19?,20-/m0/s1. The average molecular weight is 480 g/mol. The zero-order chi connectivity index (χ0) is 19.8. The third-order valence-electron chi connectivity index (χ3n) is 5.57. The van der Waals surface area contributed by atoms with Crippen molar-refractivity contribution in [2.45, 2.75) is 37.8 Å². The van der Waals surface area contributed by atoms with E-state index >= 15 is 0 Å². The summed E-state index contributed by atoms with van der Waals surface area (Å²) in [6, 6.07) is 9.21. The molecular formula is C20H22BrN3O2S2. The Morgan fingerprint density at radius 1 is 1.39 bits per heavy atom. The number of halogens is 1. The number of amides is 1. The molecular weight excluding hydrogens is 458 g/mol. The number of amidine groups is 1. The van der Waals surface area contributed by atoms with Crippen LogP contribution >= 0.6 is 39.0 Å². The fraction of sp³-hybridized carbons (Fsp3) is 0.450. The third kappa shape index (κ3) is 3.79. The molecule has 1 saturated heterocycles. The lowest BCUT2D eigenvalue weighted by atomic mass is 9.75. The number of carbonyl (C=O) groups excluding carboxylic acids is 1. The number of hydrogen-bond donors (Lipinski definition) is 1. The first kappa shape index (κ1) is 20.1. The van der Waals surface area contributed by atoms with Crippen LogP contribution in [0.1, 0.15) is 42.1 Å². The second-order valence-corrected chi connectivity index (χ2v) is 10.1. The largest absolute Gasteiger partial charge is 0.372 e. The highest BCUT2D eigenvalue weighted by atomic mass is 79.9. The number of ether oxygens (including phenoxy) is 1. The quantitative estimate of drug-likeness (QED) is 0.683. The summed E-state index contributed by atoms with van der Waals surface area (Å²) in [6.07, 6.45) is 1.89. The van der Waals surface area contributed by atoms with Gasteiger partial charge >= 0.3 is 0 Å². The Hall–Kier alpha value is -1.22. The number of aliphatic imine (C=N–C) groups is 1. The summed E-state index contributed by atoms with van der Waals surface area (Å²) in [7, 11) is 0. The Bertz CT molecular complexity index is 904. The van der Waals surface area contributed by atoms with Crippen LogP contribution in [0.3, 0.4) is 0 Å². The number of nitrogens with one attached hydrogen (secondary N) is 1. The van der Waals surface area contributed by atoms with E-state index in [-0.39, 0.29) is 11.5 Å². The minimum absolute atomic E-state index is 0.135. The molecule has 1 fully saturated rings. The summed E-state index contributed by atoms with van der Waals surface area (Å²) in [5.41, 5.74) is -0.0585. The summed E-state index contributed by atoms with van der Waals surface area (Å²) in [5.74, 6) is 1.05. The van der Waals surface area contributed by atoms with Crippen molar-refractivity contribution in [3.63, 3.8) is 0 Å². The van der Waals surface area contributed by atoms with Crippen LogP contribution < -0.4 is 5.32 Å². The van der Waals surface area contributed by atoms with Crippen molar-refractivity contribution in [2.75, 3.05) is 12.4 Å². The topological polar surface area (TPSA) is 63.6 Å². The van der Waals surface area contributed by atoms with E-state index in [4.69, 9.17) is 9.73 Å². The molecule has 1 unspecified atom stereocenters. The lowest BCUT2D eigenvalue weighted by molar-refractivity contribution is -0.122. The summed E-state index contributed by atoms with van der Waals surface area (Å²) in [4.78, 5) is 22.3. The predicted molar refractivity (Wildman–Crippen MR) is 118 cm³/mol. The van der Waals surface area contributed by atoms with Crippen LogP contribution in [0.25, 0.3) is 0 Å². The van der Waals surface area contributed by atoms with Gasteiger partial charge in [-0.1, -0.05) is 36.9 Å². The van der Waals surface area contributed by atoms with E-state index < -0.39 is 5.54 Å². The van der Waals surface area contributed by atoms with Crippen LogP contribution in [0.2, 0.25) is 0 Å². The molecule has 1 N–H and O–H groups in total. The second kappa shape index (κ2) is 7.89. The number of aromatic nitrogens is 1. The molecule has 1 aromatic carbocycles. The van der Waals surface area contributed by atoms with Gasteiger partial charge in [0.2, 0.25) is 0 Å². The lowest BCUT2D eigenvalue weighted by Crippen LogP contribution is -2.54. The molecule has 2 aliphatic rings. The van der Waals surface area contributed by atoms with Crippen molar-refractivity contribution in [3.05, 3.63) is 50.9 Å². The molecule has 4 rings (SSSR count). The van der Waals surface area contributed by atoms with Gasteiger partial charge in [0, 0.05) is 22.6 Å². The summed E-state index contributed by atoms with van der Waals surface area (Å²) >= 11 is 6.67. The number of benzene rings is 1. The normalized spacial score (nSPS) is 29.7. The lowest BCUT2D eigenvalue weighted by Gasteiger charge is -2.49. The molecule has 3 heterocycles. The Morgan fingerprint density at radius 2 is 2.18 bits per heavy atom. The highest BCUT2D eigenvalue weighted by Crippen LogP contribution is 2.50. The maximum Gasteiger partial charge on any atom is 0.257 e. The zero-order valence-electron chi connectivity index (χ0n) is 15.8. The molecule has 5 nitrogen and oxygen atoms in total. The minimum Gasteiger partial charge on any atom is -0.372 e. The number of fused-ring (bicyclic) bond motifs is 1. The van der Waals surface area contributed by atoms with Gasteiger partial charge in [-0.2, -0.15) is 0 Å². The van der Waals surface area contributed by atoms with E-state index in [0.717, 1.165) is 28.2 Å². The molecule has 0 spiro atoms. The Kier molecular flexibility index (Phi) is 5.66. The number of carbonyl (C=O) groups is 1. The van der Waals surface area contributed by atoms with Crippen molar-refractivity contribution < 1.29 is 9.53 Å². The van der Waals surface area contributed by atoms with Gasteiger partial charge in [0.1, 0.15) is 15.1 Å². The molecule has 2 aliphatic heterocycles. The predicted octanol–water partition coefficient (Wildman–Crippen LogP) is 4.84. The van der Waals surface area contributed by atoms with Crippen LogP contribution in [0.4, 0.5) is 0 Å². The molecule has 0 bridgehead atoms. The van der Waals surface area contributed by atoms with Crippen LogP contribution in [-0.4, -0.2) is 34.0 Å². The van der Waals surface area contributed by atoms with Crippen LogP contribution in [0.5, 0.6) is 0 Å². The maximum atomic E-state index is 12.6. The van der Waals surface area contributed by atoms with Crippen LogP contribution in [0, 0.1) is 5.92 Å². The smallest absolute Gasteiger partial charge is 0.257 e. The number of hydrogen-bond acceptors (Lipinski definition) is 6. The van der Waals surface area contributed by atoms with Gasteiger partial charge in [-0.25, -0.2) is 9.98 Å². The van der Waals surface area contributed by atoms with E-state index in [1.54, 1.807) is 35.2 Å². The van der Waals surface area contributed by atoms with Crippen LogP contribution in [0.15, 0.2) is 45.3 Å². The Balaban J connectivity index is 1.66. The second-order valence-electron chi connectivity index (χ2n) is 7.44. The number of thioether (sulfide) groups is 1. The molecule has 0 saturated carbocycles. The molecule has 148 valence electrons. The molecule has 3 atom stereocenters. The summed E-state index contributed by atoms with van der Waals surface area (Å²) in [5, 5.41) is 6.55. The Labute approximate surface area is 181 Å². The molecule has 0 radical (unpaired) electrons. The highest BCUT2D eigenvalue weighted by molar-refractivity contribution is 9.10. The molecule has 2 aromatic rings. The van der Waals surface area contributed by atoms with Gasteiger partial charge < -0.3 is 10.1 Å². The van der Waals surface area contributed by atoms with E-state index in [1.807, 2.05) is 23.6 Å². The number of nitrogens with zero attached hydrogens (tertiary/aromatic N) is 2. The molecule has 0 aliphatic carbocycles. The summed E-state index contributed by atoms with van der Waals surface area (Å²) < 4.78 is 7.12. The highest BCUT2D eigenvalue weighted by Gasteiger charge is 2.53. The third-order valence-corrected chi connectivity index (χ3v) is 8.32. The summed E-state index contributed by atoms with van der Waals surface area (Å²) in [6.45, 7) is 4.82. The molecule has 8 heteroatoms. The average Bonchev–Trinajstić information content (AvgIpc) is 3.16. The zero-order valence-corrected chi connectivity index (χ0v) is 19.0. The monoisotopic (exact) mass is 479 g/mol. The fourth-order valence-corrected chi connectivity index (χ4v) is 6.28. The van der Waals surface area contributed by atoms with Crippen molar-refractivity contribution in [2.24, 2.45) is 10.9 Å². The molecule has 28 heavy (non-hydrogen) atoms. The number of rotatable bonds is 3.